The molecule has 0 aliphatic carbocycles. The molecule has 0 spiro atoms. The summed E-state index contributed by atoms with van der Waals surface area (Å²) in [6.07, 6.45) is 0. The minimum Gasteiger partial charge on any atom is -0.546 e. The summed E-state index contributed by atoms with van der Waals surface area (Å²) in [7, 11) is 0. The van der Waals surface area contributed by atoms with Crippen molar-refractivity contribution < 1.29 is 132 Å². The monoisotopic (exact) mass is 408 g/mol. The molecule has 0 radical (unpaired) electrons. The molecule has 0 saturated heterocycles. The van der Waals surface area contributed by atoms with Crippen LogP contribution < -0.4 is 134 Å². The molecule has 0 aliphatic rings. The van der Waals surface area contributed by atoms with Crippen LogP contribution in [0.25, 0.3) is 11.1 Å². The van der Waals surface area contributed by atoms with Crippen LogP contribution in [0.15, 0.2) is 36.4 Å². The number of benzene rings is 2. The van der Waals surface area contributed by atoms with Gasteiger partial charge in [-0.1, -0.05) is 12.1 Å². The Morgan fingerprint density at radius 2 is 1.12 bits per heavy atom. The molecule has 0 fully saturated rings. The molecule has 2 aromatic carbocycles. The van der Waals surface area contributed by atoms with Crippen molar-refractivity contribution in [3.05, 3.63) is 36.4 Å². The molecule has 0 aromatic heterocycles. The third kappa shape index (κ3) is 7.84. The van der Waals surface area contributed by atoms with Crippen LogP contribution in [0.1, 0.15) is 0 Å². The Kier molecular flexibility index (Phi) is 12.3. The third-order valence-corrected chi connectivity index (χ3v) is 3.05. The Morgan fingerprint density at radius 1 is 0.769 bits per heavy atom. The van der Waals surface area contributed by atoms with Crippen LogP contribution in [0.3, 0.4) is 0 Å². The maximum atomic E-state index is 10.5. The summed E-state index contributed by atoms with van der Waals surface area (Å²) in [4.78, 5) is 21.0. The first-order chi connectivity index (χ1) is 11.4. The van der Waals surface area contributed by atoms with Gasteiger partial charge in [0, 0.05) is 0 Å². The summed E-state index contributed by atoms with van der Waals surface area (Å²) in [5.41, 5.74) is 13.3. The first kappa shape index (κ1) is 25.9. The largest absolute Gasteiger partial charge is 1.00 e. The first-order valence-electron chi connectivity index (χ1n) is 6.81. The molecule has 8 nitrogen and oxygen atoms in total. The second kappa shape index (κ2) is 12.3. The van der Waals surface area contributed by atoms with Crippen molar-refractivity contribution in [1.82, 2.24) is 0 Å². The molecular formula is C16H14K2N2O6. The Morgan fingerprint density at radius 3 is 1.42 bits per heavy atom. The smallest absolute Gasteiger partial charge is 0.546 e. The van der Waals surface area contributed by atoms with Crippen molar-refractivity contribution >= 4 is 23.3 Å². The number of carbonyl (C=O) groups is 2. The Hall–Kier alpha value is -0.147. The van der Waals surface area contributed by atoms with Gasteiger partial charge in [-0.25, -0.2) is 0 Å². The normalized spacial score (nSPS) is 9.38. The minimum atomic E-state index is -1.37. The van der Waals surface area contributed by atoms with Crippen LogP contribution in [0, 0.1) is 0 Å². The van der Waals surface area contributed by atoms with Gasteiger partial charge in [-0.05, 0) is 35.4 Å². The van der Waals surface area contributed by atoms with Gasteiger partial charge in [-0.3, -0.25) is 0 Å². The predicted molar refractivity (Wildman–Crippen MR) is 81.7 cm³/mol. The molecule has 2 aromatic rings. The number of anilines is 2. The second-order valence-electron chi connectivity index (χ2n) is 4.83. The van der Waals surface area contributed by atoms with E-state index in [1.54, 1.807) is 36.4 Å². The topological polar surface area (TPSA) is 151 Å². The molecule has 0 bridgehead atoms. The number of aliphatic carboxylic acids is 2. The summed E-state index contributed by atoms with van der Waals surface area (Å²) in [6, 6.07) is 9.58. The second-order valence-corrected chi connectivity index (χ2v) is 4.83. The molecule has 0 unspecified atom stereocenters. The van der Waals surface area contributed by atoms with Crippen molar-refractivity contribution in [2.45, 2.75) is 0 Å². The number of nitrogens with two attached hydrogens (primary N) is 2. The van der Waals surface area contributed by atoms with Gasteiger partial charge in [-0.15, -0.1) is 0 Å². The first-order valence-corrected chi connectivity index (χ1v) is 6.81. The van der Waals surface area contributed by atoms with Crippen molar-refractivity contribution in [3.8, 4) is 22.6 Å². The molecular weight excluding hydrogens is 394 g/mol. The summed E-state index contributed by atoms with van der Waals surface area (Å²) in [5.74, 6) is -2.37. The zero-order chi connectivity index (χ0) is 17.7. The fourth-order valence-corrected chi connectivity index (χ4v) is 1.95. The summed E-state index contributed by atoms with van der Waals surface area (Å²) < 4.78 is 10.1. The van der Waals surface area contributed by atoms with E-state index in [4.69, 9.17) is 20.9 Å². The van der Waals surface area contributed by atoms with E-state index in [9.17, 15) is 19.8 Å². The van der Waals surface area contributed by atoms with Crippen LogP contribution in [0.5, 0.6) is 11.5 Å². The minimum absolute atomic E-state index is 0. The van der Waals surface area contributed by atoms with Gasteiger partial charge >= 0.3 is 103 Å². The number of nitrogen functional groups attached to an aromatic ring is 2. The van der Waals surface area contributed by atoms with E-state index in [2.05, 4.69) is 0 Å². The Balaban J connectivity index is 0.00000312. The van der Waals surface area contributed by atoms with Crippen molar-refractivity contribution in [2.75, 3.05) is 24.7 Å². The maximum Gasteiger partial charge on any atom is 1.00 e. The zero-order valence-electron chi connectivity index (χ0n) is 14.5. The maximum absolute atomic E-state index is 10.5. The average molecular weight is 408 g/mol. The van der Waals surface area contributed by atoms with E-state index in [1.165, 1.54) is 0 Å². The molecule has 26 heavy (non-hydrogen) atoms. The molecule has 0 amide bonds. The molecule has 0 saturated carbocycles. The Bertz CT molecular complexity index is 720. The molecule has 126 valence electrons. The number of carbonyl (C=O) groups excluding carboxylic acids is 2. The van der Waals surface area contributed by atoms with E-state index < -0.39 is 25.2 Å². The van der Waals surface area contributed by atoms with Crippen LogP contribution in [0.2, 0.25) is 0 Å². The molecule has 0 heterocycles. The number of hydrogen-bond acceptors (Lipinski definition) is 8. The van der Waals surface area contributed by atoms with Crippen molar-refractivity contribution in [1.29, 1.82) is 0 Å². The van der Waals surface area contributed by atoms with Gasteiger partial charge in [-0.2, -0.15) is 0 Å². The average Bonchev–Trinajstić information content (AvgIpc) is 2.53. The SMILES string of the molecule is Nc1ccc(-c2ccc(N)c(OCC(=O)[O-])c2)cc1OCC(=O)[O-].[K+].[K+]. The Labute approximate surface area is 235 Å². The zero-order valence-corrected chi connectivity index (χ0v) is 20.7. The van der Waals surface area contributed by atoms with E-state index in [0.717, 1.165) is 0 Å². The third-order valence-electron chi connectivity index (χ3n) is 3.05. The molecule has 10 heteroatoms. The quantitative estimate of drug-likeness (QED) is 0.339. The van der Waals surface area contributed by atoms with Gasteiger partial charge < -0.3 is 40.7 Å². The van der Waals surface area contributed by atoms with Gasteiger partial charge in [0.05, 0.1) is 23.3 Å². The number of rotatable bonds is 7. The fourth-order valence-electron chi connectivity index (χ4n) is 1.95. The number of hydrogen-bond donors (Lipinski definition) is 2. The van der Waals surface area contributed by atoms with Crippen molar-refractivity contribution in [3.63, 3.8) is 0 Å². The molecule has 4 N–H and O–H groups in total. The van der Waals surface area contributed by atoms with Crippen LogP contribution in [0.4, 0.5) is 11.4 Å². The standard InChI is InChI=1S/C16H16N2O6.2K/c17-11-3-1-9(5-13(11)23-7-15(19)20)10-2-4-12(18)14(6-10)24-8-16(21)22;;/h1-6H,7-8,17-18H2,(H,19,20)(H,21,22);;/q;2*+1/p-2. The molecule has 0 aliphatic heterocycles. The molecule has 2 rings (SSSR count). The number of carboxylic acid groups (broad SMARTS) is 2. The van der Waals surface area contributed by atoms with Gasteiger partial charge in [0.25, 0.3) is 0 Å². The van der Waals surface area contributed by atoms with E-state index in [1.807, 2.05) is 0 Å². The van der Waals surface area contributed by atoms with E-state index in [0.29, 0.717) is 11.1 Å². The molecule has 0 atom stereocenters. The predicted octanol–water partition coefficient (Wildman–Crippen LogP) is -7.22. The van der Waals surface area contributed by atoms with Crippen LogP contribution in [-0.4, -0.2) is 25.2 Å². The van der Waals surface area contributed by atoms with E-state index >= 15 is 0 Å². The van der Waals surface area contributed by atoms with Gasteiger partial charge in [0.1, 0.15) is 24.7 Å². The number of ether oxygens (including phenoxy) is 2. The van der Waals surface area contributed by atoms with Crippen LogP contribution >= 0.6 is 0 Å². The summed E-state index contributed by atoms with van der Waals surface area (Å²) in [6.45, 7) is -1.26. The van der Waals surface area contributed by atoms with Crippen molar-refractivity contribution in [2.24, 2.45) is 0 Å². The van der Waals surface area contributed by atoms with E-state index in [-0.39, 0.29) is 126 Å². The van der Waals surface area contributed by atoms with Gasteiger partial charge in [0.2, 0.25) is 0 Å². The number of carboxylic acids is 2. The fraction of sp³-hybridized carbons (Fsp3) is 0.125. The summed E-state index contributed by atoms with van der Waals surface area (Å²) >= 11 is 0. The summed E-state index contributed by atoms with van der Waals surface area (Å²) in [5, 5.41) is 21.0. The van der Waals surface area contributed by atoms with Gasteiger partial charge in [0.15, 0.2) is 0 Å². The van der Waals surface area contributed by atoms with Crippen LogP contribution in [-0.2, 0) is 9.59 Å².